The molecule has 136 valence electrons. The smallest absolute Gasteiger partial charge is 0.0681 e. The molecule has 0 aliphatic carbocycles. The minimum Gasteiger partial charge on any atom is -0.392 e. The van der Waals surface area contributed by atoms with Crippen molar-refractivity contribution in [3.63, 3.8) is 0 Å². The largest absolute Gasteiger partial charge is 0.392 e. The molecule has 0 amide bonds. The van der Waals surface area contributed by atoms with E-state index in [1.807, 2.05) is 30.3 Å². The van der Waals surface area contributed by atoms with E-state index < -0.39 is 0 Å². The van der Waals surface area contributed by atoms with Crippen LogP contribution in [0.4, 0.5) is 0 Å². The molecule has 1 nitrogen and oxygen atoms in total. The number of aliphatic hydroxyl groups is 1. The second-order valence-corrected chi connectivity index (χ2v) is 6.80. The van der Waals surface area contributed by atoms with Crippen molar-refractivity contribution in [1.82, 2.24) is 0 Å². The highest BCUT2D eigenvalue weighted by Crippen LogP contribution is 2.22. The summed E-state index contributed by atoms with van der Waals surface area (Å²) in [4.78, 5) is 0. The molecule has 1 heteroatoms. The van der Waals surface area contributed by atoms with Gasteiger partial charge in [0.15, 0.2) is 0 Å². The van der Waals surface area contributed by atoms with Gasteiger partial charge in [0.1, 0.15) is 0 Å². The van der Waals surface area contributed by atoms with E-state index in [1.165, 1.54) is 27.8 Å². The van der Waals surface area contributed by atoms with Crippen LogP contribution >= 0.6 is 0 Å². The van der Waals surface area contributed by atoms with E-state index in [0.29, 0.717) is 0 Å². The van der Waals surface area contributed by atoms with E-state index in [-0.39, 0.29) is 6.61 Å². The van der Waals surface area contributed by atoms with Gasteiger partial charge in [0.25, 0.3) is 0 Å². The van der Waals surface area contributed by atoms with Crippen LogP contribution in [0.15, 0.2) is 103 Å². The van der Waals surface area contributed by atoms with Crippen molar-refractivity contribution in [3.8, 4) is 22.3 Å². The average molecular weight is 362 g/mol. The Bertz CT molecular complexity index is 1040. The van der Waals surface area contributed by atoms with Crippen LogP contribution in [0.2, 0.25) is 0 Å². The molecule has 0 atom stereocenters. The Hall–Kier alpha value is -3.42. The van der Waals surface area contributed by atoms with Gasteiger partial charge in [0.2, 0.25) is 0 Å². The summed E-state index contributed by atoms with van der Waals surface area (Å²) < 4.78 is 0. The van der Waals surface area contributed by atoms with Gasteiger partial charge in [-0.1, -0.05) is 115 Å². The van der Waals surface area contributed by atoms with Crippen LogP contribution in [0.1, 0.15) is 16.7 Å². The standard InChI is InChI=1S/C27H22O/c28-20-23-12-18-27(19-13-23)26-16-10-22(11-17-26)7-6-21-8-14-25(15-9-21)24-4-2-1-3-5-24/h1-19,28H,20H2/b7-6-. The van der Waals surface area contributed by atoms with E-state index >= 15 is 0 Å². The molecule has 0 radical (unpaired) electrons. The number of aliphatic hydroxyl groups excluding tert-OH is 1. The fraction of sp³-hybridized carbons (Fsp3) is 0.0370. The highest BCUT2D eigenvalue weighted by atomic mass is 16.3. The third-order valence-electron chi connectivity index (χ3n) is 4.87. The Balaban J connectivity index is 1.45. The molecule has 0 aromatic heterocycles. The first-order valence-electron chi connectivity index (χ1n) is 9.46. The quantitative estimate of drug-likeness (QED) is 0.392. The highest BCUT2D eigenvalue weighted by molar-refractivity contribution is 5.73. The van der Waals surface area contributed by atoms with Crippen molar-refractivity contribution in [2.75, 3.05) is 0 Å². The summed E-state index contributed by atoms with van der Waals surface area (Å²) in [6.07, 6.45) is 4.27. The molecular formula is C27H22O. The highest BCUT2D eigenvalue weighted by Gasteiger charge is 1.99. The molecular weight excluding hydrogens is 340 g/mol. The second-order valence-electron chi connectivity index (χ2n) is 6.80. The first-order chi connectivity index (χ1) is 13.8. The Morgan fingerprint density at radius 1 is 0.464 bits per heavy atom. The minimum atomic E-state index is 0.0797. The summed E-state index contributed by atoms with van der Waals surface area (Å²) in [5, 5.41) is 9.15. The maximum atomic E-state index is 9.15. The molecule has 4 aromatic rings. The topological polar surface area (TPSA) is 20.2 Å². The second kappa shape index (κ2) is 8.51. The minimum absolute atomic E-state index is 0.0797. The average Bonchev–Trinajstić information content (AvgIpc) is 2.79. The van der Waals surface area contributed by atoms with Crippen LogP contribution in [0.25, 0.3) is 34.4 Å². The van der Waals surface area contributed by atoms with Crippen LogP contribution in [0.3, 0.4) is 0 Å². The summed E-state index contributed by atoms with van der Waals surface area (Å²) in [7, 11) is 0. The maximum absolute atomic E-state index is 9.15. The predicted molar refractivity (Wildman–Crippen MR) is 119 cm³/mol. The zero-order valence-corrected chi connectivity index (χ0v) is 15.6. The summed E-state index contributed by atoms with van der Waals surface area (Å²) in [6, 6.07) is 35.6. The number of benzene rings is 4. The Labute approximate surface area is 166 Å². The molecule has 0 aliphatic heterocycles. The zero-order valence-electron chi connectivity index (χ0n) is 15.6. The Morgan fingerprint density at radius 2 is 0.857 bits per heavy atom. The maximum Gasteiger partial charge on any atom is 0.0681 e. The van der Waals surface area contributed by atoms with Gasteiger partial charge in [-0.3, -0.25) is 0 Å². The Morgan fingerprint density at radius 3 is 1.29 bits per heavy atom. The lowest BCUT2D eigenvalue weighted by atomic mass is 10.0. The van der Waals surface area contributed by atoms with E-state index in [2.05, 4.69) is 84.9 Å². The molecule has 0 spiro atoms. The van der Waals surface area contributed by atoms with Gasteiger partial charge in [-0.25, -0.2) is 0 Å². The predicted octanol–water partition coefficient (Wildman–Crippen LogP) is 6.68. The van der Waals surface area contributed by atoms with Gasteiger partial charge < -0.3 is 5.11 Å². The molecule has 0 aliphatic rings. The third kappa shape index (κ3) is 4.28. The molecule has 0 fully saturated rings. The summed E-state index contributed by atoms with van der Waals surface area (Å²) in [5.74, 6) is 0. The van der Waals surface area contributed by atoms with Gasteiger partial charge in [0, 0.05) is 0 Å². The molecule has 0 saturated heterocycles. The van der Waals surface area contributed by atoms with Crippen molar-refractivity contribution in [2.45, 2.75) is 6.61 Å². The molecule has 0 saturated carbocycles. The molecule has 1 N–H and O–H groups in total. The number of rotatable bonds is 5. The zero-order chi connectivity index (χ0) is 19.2. The lowest BCUT2D eigenvalue weighted by Gasteiger charge is -2.04. The first kappa shape index (κ1) is 18.0. The van der Waals surface area contributed by atoms with Gasteiger partial charge in [-0.05, 0) is 38.9 Å². The third-order valence-corrected chi connectivity index (χ3v) is 4.87. The van der Waals surface area contributed by atoms with Crippen molar-refractivity contribution in [2.24, 2.45) is 0 Å². The first-order valence-corrected chi connectivity index (χ1v) is 9.46. The van der Waals surface area contributed by atoms with Crippen molar-refractivity contribution in [3.05, 3.63) is 120 Å². The van der Waals surface area contributed by atoms with Crippen LogP contribution in [-0.2, 0) is 6.61 Å². The summed E-state index contributed by atoms with van der Waals surface area (Å²) >= 11 is 0. The van der Waals surface area contributed by atoms with Gasteiger partial charge in [0.05, 0.1) is 6.61 Å². The van der Waals surface area contributed by atoms with Gasteiger partial charge in [-0.2, -0.15) is 0 Å². The van der Waals surface area contributed by atoms with Crippen LogP contribution in [0, 0.1) is 0 Å². The van der Waals surface area contributed by atoms with E-state index in [9.17, 15) is 0 Å². The molecule has 0 heterocycles. The van der Waals surface area contributed by atoms with Crippen molar-refractivity contribution >= 4 is 12.2 Å². The number of hydrogen-bond acceptors (Lipinski definition) is 1. The SMILES string of the molecule is OCc1ccc(-c2ccc(/C=C\c3ccc(-c4ccccc4)cc3)cc2)cc1. The normalized spacial score (nSPS) is 11.0. The molecule has 4 rings (SSSR count). The van der Waals surface area contributed by atoms with E-state index in [0.717, 1.165) is 11.1 Å². The van der Waals surface area contributed by atoms with Gasteiger partial charge in [-0.15, -0.1) is 0 Å². The monoisotopic (exact) mass is 362 g/mol. The van der Waals surface area contributed by atoms with Gasteiger partial charge >= 0.3 is 0 Å². The van der Waals surface area contributed by atoms with Crippen molar-refractivity contribution < 1.29 is 5.11 Å². The molecule has 4 aromatic carbocycles. The van der Waals surface area contributed by atoms with Crippen LogP contribution in [0.5, 0.6) is 0 Å². The lowest BCUT2D eigenvalue weighted by molar-refractivity contribution is 0.282. The molecule has 0 unspecified atom stereocenters. The lowest BCUT2D eigenvalue weighted by Crippen LogP contribution is -1.83. The van der Waals surface area contributed by atoms with Crippen molar-refractivity contribution in [1.29, 1.82) is 0 Å². The van der Waals surface area contributed by atoms with Crippen LogP contribution in [-0.4, -0.2) is 5.11 Å². The van der Waals surface area contributed by atoms with Crippen LogP contribution < -0.4 is 0 Å². The van der Waals surface area contributed by atoms with E-state index in [1.54, 1.807) is 0 Å². The summed E-state index contributed by atoms with van der Waals surface area (Å²) in [5.41, 5.74) is 8.08. The Kier molecular flexibility index (Phi) is 5.46. The number of hydrogen-bond donors (Lipinski definition) is 1. The molecule has 28 heavy (non-hydrogen) atoms. The summed E-state index contributed by atoms with van der Waals surface area (Å²) in [6.45, 7) is 0.0797. The van der Waals surface area contributed by atoms with E-state index in [4.69, 9.17) is 5.11 Å². The fourth-order valence-electron chi connectivity index (χ4n) is 3.20. The molecule has 0 bridgehead atoms. The fourth-order valence-corrected chi connectivity index (χ4v) is 3.20.